The molecule has 0 spiro atoms. The topological polar surface area (TPSA) is 63.0 Å². The van der Waals surface area contributed by atoms with Crippen LogP contribution in [0.3, 0.4) is 0 Å². The zero-order valence-electron chi connectivity index (χ0n) is 18.3. The number of rotatable bonds is 0. The number of benzene rings is 2. The molecule has 33 heavy (non-hydrogen) atoms. The Morgan fingerprint density at radius 3 is 2.91 bits per heavy atom. The summed E-state index contributed by atoms with van der Waals surface area (Å²) in [4.78, 5) is 6.96. The highest BCUT2D eigenvalue weighted by Crippen LogP contribution is 2.33. The lowest BCUT2D eigenvalue weighted by Gasteiger charge is -2.12. The molecule has 1 N–H and O–H groups in total. The number of nitrogens with one attached hydrogen (secondary N) is 1. The van der Waals surface area contributed by atoms with E-state index in [2.05, 4.69) is 20.1 Å². The Bertz CT molecular complexity index is 1290. The Morgan fingerprint density at radius 2 is 2.00 bits per heavy atom. The van der Waals surface area contributed by atoms with Gasteiger partial charge in [-0.25, -0.2) is 4.39 Å². The van der Waals surface area contributed by atoms with Crippen molar-refractivity contribution in [3.8, 4) is 28.3 Å². The van der Waals surface area contributed by atoms with Crippen LogP contribution >= 0.6 is 0 Å². The van der Waals surface area contributed by atoms with Gasteiger partial charge >= 0.3 is 0 Å². The van der Waals surface area contributed by atoms with Gasteiger partial charge in [0, 0.05) is 42.3 Å². The second kappa shape index (κ2) is 8.57. The van der Waals surface area contributed by atoms with E-state index in [0.717, 1.165) is 59.4 Å². The molecule has 7 heteroatoms. The first-order chi connectivity index (χ1) is 16.3. The minimum Gasteiger partial charge on any atom is -0.492 e. The molecule has 6 nitrogen and oxygen atoms in total. The number of nitrogens with zero attached hydrogens (tertiary/aromatic N) is 3. The highest BCUT2D eigenvalue weighted by Gasteiger charge is 2.32. The Morgan fingerprint density at radius 1 is 1.09 bits per heavy atom. The molecular weight excluding hydrogens is 419 g/mol. The molecule has 2 atom stereocenters. The molecule has 5 heterocycles. The number of H-pyrrole nitrogens is 1. The summed E-state index contributed by atoms with van der Waals surface area (Å²) in [5, 5.41) is 8.44. The second-order valence-electron chi connectivity index (χ2n) is 8.68. The van der Waals surface area contributed by atoms with Gasteiger partial charge in [0.15, 0.2) is 0 Å². The molecule has 2 unspecified atom stereocenters. The minimum absolute atomic E-state index is 0.301. The summed E-state index contributed by atoms with van der Waals surface area (Å²) in [5.74, 6) is 0.545. The van der Waals surface area contributed by atoms with Gasteiger partial charge in [-0.2, -0.15) is 5.10 Å². The van der Waals surface area contributed by atoms with Crippen molar-refractivity contribution in [1.29, 1.82) is 0 Å². The van der Waals surface area contributed by atoms with Crippen molar-refractivity contribution in [2.75, 3.05) is 26.3 Å². The normalized spacial score (nSPS) is 20.8. The molecule has 0 radical (unpaired) electrons. The maximum absolute atomic E-state index is 15.0. The van der Waals surface area contributed by atoms with Gasteiger partial charge in [-0.1, -0.05) is 12.1 Å². The van der Waals surface area contributed by atoms with E-state index >= 15 is 0 Å². The molecule has 2 aromatic heterocycles. The lowest BCUT2D eigenvalue weighted by Crippen LogP contribution is -2.13. The predicted molar refractivity (Wildman–Crippen MR) is 124 cm³/mol. The van der Waals surface area contributed by atoms with Crippen LogP contribution in [0.15, 0.2) is 54.7 Å². The van der Waals surface area contributed by atoms with E-state index in [1.807, 2.05) is 36.4 Å². The summed E-state index contributed by atoms with van der Waals surface area (Å²) in [6.07, 6.45) is 3.80. The standard InChI is InChI=1S/C26H25FN4O2/c27-22-5-1-3-18-16-32-11-2-4-19-15-31(19)10-12-33-20-8-6-17(7-9-20)26-21-13-23(25(18)22)28-14-24(21)29-30-26/h1,3,5-9,13-14,19H,2,4,10-12,15-16H2,(H,29,30). The molecule has 7 rings (SSSR count). The van der Waals surface area contributed by atoms with Crippen LogP contribution < -0.4 is 4.74 Å². The monoisotopic (exact) mass is 444 g/mol. The number of hydrogen-bond donors (Lipinski definition) is 1. The summed E-state index contributed by atoms with van der Waals surface area (Å²) in [5.41, 5.74) is 4.43. The van der Waals surface area contributed by atoms with E-state index in [0.29, 0.717) is 37.1 Å². The molecule has 3 aliphatic heterocycles. The summed E-state index contributed by atoms with van der Waals surface area (Å²) in [7, 11) is 0. The third-order valence-corrected chi connectivity index (χ3v) is 6.49. The average Bonchev–Trinajstić information content (AvgIpc) is 3.44. The van der Waals surface area contributed by atoms with Crippen molar-refractivity contribution in [3.05, 3.63) is 66.1 Å². The van der Waals surface area contributed by atoms with Crippen LogP contribution in [0.1, 0.15) is 18.4 Å². The Kier molecular flexibility index (Phi) is 5.28. The Hall–Kier alpha value is -3.29. The van der Waals surface area contributed by atoms with E-state index in [1.54, 1.807) is 12.3 Å². The van der Waals surface area contributed by atoms with Crippen molar-refractivity contribution in [2.24, 2.45) is 0 Å². The van der Waals surface area contributed by atoms with Crippen molar-refractivity contribution in [2.45, 2.75) is 25.5 Å². The summed E-state index contributed by atoms with van der Waals surface area (Å²) in [6.45, 7) is 3.73. The van der Waals surface area contributed by atoms with Crippen LogP contribution in [0.25, 0.3) is 33.4 Å². The zero-order valence-corrected chi connectivity index (χ0v) is 18.3. The fraction of sp³-hybridized carbons (Fsp3) is 0.308. The van der Waals surface area contributed by atoms with Crippen LogP contribution in [0, 0.1) is 5.82 Å². The van der Waals surface area contributed by atoms with Gasteiger partial charge in [0.25, 0.3) is 0 Å². The lowest BCUT2D eigenvalue weighted by molar-refractivity contribution is 0.116. The second-order valence-corrected chi connectivity index (χ2v) is 8.68. The number of hydrogen-bond acceptors (Lipinski definition) is 5. The van der Waals surface area contributed by atoms with Crippen LogP contribution in [-0.2, 0) is 11.3 Å². The number of aromatic nitrogens is 3. The molecule has 4 bridgehead atoms. The van der Waals surface area contributed by atoms with Crippen LogP contribution in [0.5, 0.6) is 5.75 Å². The molecule has 2 aromatic carbocycles. The van der Waals surface area contributed by atoms with E-state index in [9.17, 15) is 4.39 Å². The van der Waals surface area contributed by atoms with Crippen LogP contribution in [-0.4, -0.2) is 52.4 Å². The van der Waals surface area contributed by atoms with E-state index in [1.165, 1.54) is 6.07 Å². The number of ether oxygens (including phenoxy) is 2. The zero-order chi connectivity index (χ0) is 22.2. The van der Waals surface area contributed by atoms with Crippen molar-refractivity contribution in [1.82, 2.24) is 20.1 Å². The first kappa shape index (κ1) is 20.3. The third kappa shape index (κ3) is 4.10. The van der Waals surface area contributed by atoms with Crippen LogP contribution in [0.2, 0.25) is 0 Å². The van der Waals surface area contributed by atoms with Gasteiger partial charge in [0.1, 0.15) is 23.9 Å². The number of aromatic amines is 1. The van der Waals surface area contributed by atoms with Crippen molar-refractivity contribution >= 4 is 10.9 Å². The van der Waals surface area contributed by atoms with Crippen molar-refractivity contribution < 1.29 is 13.9 Å². The molecule has 3 aliphatic rings. The van der Waals surface area contributed by atoms with E-state index in [4.69, 9.17) is 9.47 Å². The maximum Gasteiger partial charge on any atom is 0.132 e. The first-order valence-corrected chi connectivity index (χ1v) is 11.4. The van der Waals surface area contributed by atoms with Gasteiger partial charge in [0.2, 0.25) is 0 Å². The average molecular weight is 445 g/mol. The van der Waals surface area contributed by atoms with Gasteiger partial charge in [0.05, 0.1) is 24.0 Å². The fourth-order valence-electron chi connectivity index (χ4n) is 4.61. The van der Waals surface area contributed by atoms with Gasteiger partial charge < -0.3 is 9.47 Å². The molecular formula is C26H25FN4O2. The highest BCUT2D eigenvalue weighted by molar-refractivity contribution is 5.94. The molecule has 0 amide bonds. The van der Waals surface area contributed by atoms with Gasteiger partial charge in [-0.3, -0.25) is 15.0 Å². The van der Waals surface area contributed by atoms with E-state index in [-0.39, 0.29) is 5.82 Å². The number of fused-ring (bicyclic) bond motifs is 8. The summed E-state index contributed by atoms with van der Waals surface area (Å²) < 4.78 is 26.8. The summed E-state index contributed by atoms with van der Waals surface area (Å²) >= 11 is 0. The first-order valence-electron chi connectivity index (χ1n) is 11.4. The minimum atomic E-state index is -0.301. The third-order valence-electron chi connectivity index (χ3n) is 6.49. The quantitative estimate of drug-likeness (QED) is 0.395. The number of pyridine rings is 1. The van der Waals surface area contributed by atoms with Crippen molar-refractivity contribution in [3.63, 3.8) is 0 Å². The SMILES string of the molecule is Fc1cccc2c1-c1cc3c(n[nH]c3cn1)-c1ccc(cc1)OCCN1CC1CCCOC2. The highest BCUT2D eigenvalue weighted by atomic mass is 19.1. The largest absolute Gasteiger partial charge is 0.492 e. The summed E-state index contributed by atoms with van der Waals surface area (Å²) in [6, 6.07) is 15.6. The molecule has 0 aliphatic carbocycles. The molecule has 1 saturated heterocycles. The fourth-order valence-corrected chi connectivity index (χ4v) is 4.61. The van der Waals surface area contributed by atoms with E-state index < -0.39 is 0 Å². The van der Waals surface area contributed by atoms with Crippen LogP contribution in [0.4, 0.5) is 4.39 Å². The molecule has 1 fully saturated rings. The maximum atomic E-state index is 15.0. The Labute approximate surface area is 191 Å². The molecule has 4 aromatic rings. The molecule has 168 valence electrons. The lowest BCUT2D eigenvalue weighted by atomic mass is 10.0. The number of halogens is 1. The van der Waals surface area contributed by atoms with Gasteiger partial charge in [-0.05, 0) is 54.8 Å². The van der Waals surface area contributed by atoms with Gasteiger partial charge in [-0.15, -0.1) is 0 Å². The smallest absolute Gasteiger partial charge is 0.132 e. The predicted octanol–water partition coefficient (Wildman–Crippen LogP) is 4.80. The molecule has 0 saturated carbocycles. The Balaban J connectivity index is 1.40.